The van der Waals surface area contributed by atoms with Crippen LogP contribution in [0, 0.1) is 0 Å². The molecule has 0 atom stereocenters. The lowest BCUT2D eigenvalue weighted by atomic mass is 10.1. The van der Waals surface area contributed by atoms with Crippen LogP contribution in [-0.4, -0.2) is 9.83 Å². The summed E-state index contributed by atoms with van der Waals surface area (Å²) in [6, 6.07) is 10.7. The molecule has 0 aliphatic rings. The summed E-state index contributed by atoms with van der Waals surface area (Å²) < 4.78 is 0.194. The second kappa shape index (κ2) is 12.5. The van der Waals surface area contributed by atoms with Crippen LogP contribution in [0.4, 0.5) is 0 Å². The summed E-state index contributed by atoms with van der Waals surface area (Å²) in [5.74, 6) is 1.09. The van der Waals surface area contributed by atoms with Crippen LogP contribution < -0.4 is 0 Å². The molecule has 0 spiro atoms. The molecule has 0 aromatic heterocycles. The van der Waals surface area contributed by atoms with Crippen molar-refractivity contribution in [1.29, 1.82) is 0 Å². The smallest absolute Gasteiger partial charge is 0.0605 e. The van der Waals surface area contributed by atoms with Crippen LogP contribution in [-0.2, 0) is 0 Å². The monoisotopic (exact) mass is 388 g/mol. The van der Waals surface area contributed by atoms with E-state index in [1.165, 1.54) is 40.9 Å². The molecule has 0 fully saturated rings. The highest BCUT2D eigenvalue weighted by molar-refractivity contribution is 8.18. The molecule has 0 N–H and O–H groups in total. The van der Waals surface area contributed by atoms with Gasteiger partial charge in [-0.3, -0.25) is 0 Å². The van der Waals surface area contributed by atoms with E-state index in [2.05, 4.69) is 90.1 Å². The van der Waals surface area contributed by atoms with E-state index in [0.717, 1.165) is 12.2 Å². The number of allylic oxidation sites excluding steroid dienone is 5. The zero-order chi connectivity index (χ0) is 19.4. The van der Waals surface area contributed by atoms with Crippen LogP contribution in [0.25, 0.3) is 0 Å². The van der Waals surface area contributed by atoms with Gasteiger partial charge in [-0.05, 0) is 79.4 Å². The van der Waals surface area contributed by atoms with Crippen molar-refractivity contribution in [3.63, 3.8) is 0 Å². The van der Waals surface area contributed by atoms with Gasteiger partial charge in [0.05, 0.1) is 4.08 Å². The maximum Gasteiger partial charge on any atom is 0.0605 e. The first-order chi connectivity index (χ1) is 12.3. The minimum Gasteiger partial charge on any atom is -0.140 e. The van der Waals surface area contributed by atoms with E-state index in [1.54, 1.807) is 0 Å². The Morgan fingerprint density at radius 1 is 0.846 bits per heavy atom. The van der Waals surface area contributed by atoms with E-state index in [9.17, 15) is 0 Å². The molecule has 0 nitrogen and oxygen atoms in total. The average molecular weight is 389 g/mol. The fourth-order valence-corrected chi connectivity index (χ4v) is 4.88. The maximum atomic E-state index is 2.42. The van der Waals surface area contributed by atoms with Crippen molar-refractivity contribution in [3.05, 3.63) is 65.3 Å². The molecule has 0 amide bonds. The van der Waals surface area contributed by atoms with Gasteiger partial charge in [0.1, 0.15) is 0 Å². The minimum absolute atomic E-state index is 0.194. The van der Waals surface area contributed by atoms with Gasteiger partial charge < -0.3 is 0 Å². The van der Waals surface area contributed by atoms with Gasteiger partial charge in [0, 0.05) is 10.6 Å². The lowest BCUT2D eigenvalue weighted by Gasteiger charge is -2.23. The predicted molar refractivity (Wildman–Crippen MR) is 124 cm³/mol. The zero-order valence-corrected chi connectivity index (χ0v) is 19.1. The fourth-order valence-electron chi connectivity index (χ4n) is 2.53. The van der Waals surface area contributed by atoms with Crippen molar-refractivity contribution in [2.24, 2.45) is 0 Å². The molecular weight excluding hydrogens is 352 g/mol. The summed E-state index contributed by atoms with van der Waals surface area (Å²) in [6.45, 7) is 13.5. The maximum absolute atomic E-state index is 2.42. The lowest BCUT2D eigenvalue weighted by Crippen LogP contribution is -2.08. The van der Waals surface area contributed by atoms with Crippen molar-refractivity contribution in [2.45, 2.75) is 76.2 Å². The Kier molecular flexibility index (Phi) is 11.2. The highest BCUT2D eigenvalue weighted by Crippen LogP contribution is 2.41. The summed E-state index contributed by atoms with van der Waals surface area (Å²) >= 11 is 3.97. The van der Waals surface area contributed by atoms with Crippen LogP contribution in [0.3, 0.4) is 0 Å². The van der Waals surface area contributed by atoms with Crippen LogP contribution >= 0.6 is 23.5 Å². The van der Waals surface area contributed by atoms with E-state index >= 15 is 0 Å². The molecule has 0 bridgehead atoms. The van der Waals surface area contributed by atoms with Gasteiger partial charge in [-0.1, -0.05) is 53.1 Å². The van der Waals surface area contributed by atoms with Gasteiger partial charge in [-0.2, -0.15) is 0 Å². The molecule has 0 radical (unpaired) electrons. The normalized spacial score (nSPS) is 13.0. The van der Waals surface area contributed by atoms with Crippen molar-refractivity contribution >= 4 is 23.5 Å². The standard InChI is InChI=1S/C24H36S2/c1-20(2)12-10-13-21(3)14-11-15-22(4)18-19-25-24(5,6)26-23-16-8-7-9-17-23/h7-9,12,14,16-18H,10-11,13,15,19H2,1-6H3. The summed E-state index contributed by atoms with van der Waals surface area (Å²) in [5.41, 5.74) is 4.44. The minimum atomic E-state index is 0.194. The first-order valence-corrected chi connectivity index (χ1v) is 11.4. The SMILES string of the molecule is CC(C)=CCCC(C)=CCCC(C)=CCSC(C)(C)Sc1ccccc1. The number of hydrogen-bond donors (Lipinski definition) is 0. The molecule has 0 heterocycles. The highest BCUT2D eigenvalue weighted by atomic mass is 32.2. The van der Waals surface area contributed by atoms with E-state index in [0.29, 0.717) is 0 Å². The molecule has 0 saturated carbocycles. The molecule has 0 aliphatic carbocycles. The average Bonchev–Trinajstić information content (AvgIpc) is 2.54. The molecule has 0 unspecified atom stereocenters. The molecular formula is C24H36S2. The third-order valence-electron chi connectivity index (χ3n) is 4.09. The number of hydrogen-bond acceptors (Lipinski definition) is 2. The van der Waals surface area contributed by atoms with Crippen molar-refractivity contribution in [2.75, 3.05) is 5.75 Å². The highest BCUT2D eigenvalue weighted by Gasteiger charge is 2.19. The van der Waals surface area contributed by atoms with E-state index in [1.807, 2.05) is 23.5 Å². The zero-order valence-electron chi connectivity index (χ0n) is 17.5. The van der Waals surface area contributed by atoms with Crippen molar-refractivity contribution < 1.29 is 0 Å². The fraction of sp³-hybridized carbons (Fsp3) is 0.500. The van der Waals surface area contributed by atoms with Crippen LogP contribution in [0.15, 0.2) is 70.2 Å². The van der Waals surface area contributed by atoms with Gasteiger partial charge in [0.15, 0.2) is 0 Å². The first-order valence-electron chi connectivity index (χ1n) is 9.61. The molecule has 0 aliphatic heterocycles. The molecule has 2 heteroatoms. The van der Waals surface area contributed by atoms with E-state index in [4.69, 9.17) is 0 Å². The van der Waals surface area contributed by atoms with E-state index in [-0.39, 0.29) is 4.08 Å². The molecule has 1 aromatic rings. The molecule has 144 valence electrons. The Morgan fingerprint density at radius 2 is 1.42 bits per heavy atom. The Morgan fingerprint density at radius 3 is 2.04 bits per heavy atom. The third-order valence-corrected chi connectivity index (χ3v) is 6.72. The third kappa shape index (κ3) is 11.7. The largest absolute Gasteiger partial charge is 0.140 e. The summed E-state index contributed by atoms with van der Waals surface area (Å²) in [7, 11) is 0. The predicted octanol–water partition coefficient (Wildman–Crippen LogP) is 8.67. The molecule has 1 aromatic carbocycles. The van der Waals surface area contributed by atoms with Gasteiger partial charge in [-0.25, -0.2) is 0 Å². The number of thioether (sulfide) groups is 2. The Balaban J connectivity index is 2.31. The van der Waals surface area contributed by atoms with Crippen LogP contribution in [0.2, 0.25) is 0 Å². The topological polar surface area (TPSA) is 0 Å². The second-order valence-corrected chi connectivity index (χ2v) is 11.2. The van der Waals surface area contributed by atoms with Gasteiger partial charge >= 0.3 is 0 Å². The Bertz CT molecular complexity index is 602. The molecule has 26 heavy (non-hydrogen) atoms. The lowest BCUT2D eigenvalue weighted by molar-refractivity contribution is 0.917. The van der Waals surface area contributed by atoms with Gasteiger partial charge in [0.25, 0.3) is 0 Å². The summed E-state index contributed by atoms with van der Waals surface area (Å²) in [6.07, 6.45) is 11.8. The van der Waals surface area contributed by atoms with E-state index < -0.39 is 0 Å². The Labute approximate surface area is 170 Å². The van der Waals surface area contributed by atoms with Gasteiger partial charge in [-0.15, -0.1) is 23.5 Å². The van der Waals surface area contributed by atoms with Crippen molar-refractivity contribution in [1.82, 2.24) is 0 Å². The quantitative estimate of drug-likeness (QED) is 0.211. The Hall–Kier alpha value is -0.860. The molecule has 1 rings (SSSR count). The number of rotatable bonds is 11. The second-order valence-electron chi connectivity index (χ2n) is 7.59. The first kappa shape index (κ1) is 23.2. The number of benzene rings is 1. The summed E-state index contributed by atoms with van der Waals surface area (Å²) in [4.78, 5) is 1.35. The van der Waals surface area contributed by atoms with Crippen LogP contribution in [0.1, 0.15) is 67.2 Å². The molecule has 0 saturated heterocycles. The summed E-state index contributed by atoms with van der Waals surface area (Å²) in [5, 5.41) is 0. The van der Waals surface area contributed by atoms with Crippen LogP contribution in [0.5, 0.6) is 0 Å². The van der Waals surface area contributed by atoms with Gasteiger partial charge in [0.2, 0.25) is 0 Å². The van der Waals surface area contributed by atoms with Crippen molar-refractivity contribution in [3.8, 4) is 0 Å².